The molecule has 0 atom stereocenters. The molecule has 0 aliphatic carbocycles. The number of carbonyl (C=O) groups is 1. The molecule has 2 rings (SSSR count). The maximum absolute atomic E-state index is 11.9. The first kappa shape index (κ1) is 12.7. The minimum absolute atomic E-state index is 0.0971. The van der Waals surface area contributed by atoms with Crippen LogP contribution in [0.3, 0.4) is 0 Å². The second-order valence-corrected chi connectivity index (χ2v) is 5.07. The number of carbonyl (C=O) groups excluding carboxylic acids is 1. The Hall–Kier alpha value is -1.75. The van der Waals surface area contributed by atoms with E-state index in [1.165, 1.54) is 0 Å². The van der Waals surface area contributed by atoms with Gasteiger partial charge in [-0.25, -0.2) is 0 Å². The summed E-state index contributed by atoms with van der Waals surface area (Å²) in [5, 5.41) is 0. The van der Waals surface area contributed by atoms with Crippen LogP contribution in [0.4, 0.5) is 0 Å². The van der Waals surface area contributed by atoms with Crippen molar-refractivity contribution in [1.29, 1.82) is 0 Å². The lowest BCUT2D eigenvalue weighted by Crippen LogP contribution is -2.49. The molecule has 0 spiro atoms. The zero-order valence-corrected chi connectivity index (χ0v) is 10.9. The highest BCUT2D eigenvalue weighted by molar-refractivity contribution is 5.84. The fourth-order valence-electron chi connectivity index (χ4n) is 1.88. The van der Waals surface area contributed by atoms with Gasteiger partial charge in [0.25, 0.3) is 0 Å². The van der Waals surface area contributed by atoms with Gasteiger partial charge >= 0.3 is 0 Å². The van der Waals surface area contributed by atoms with Crippen LogP contribution in [0.5, 0.6) is 11.5 Å². The Kier molecular flexibility index (Phi) is 3.17. The molecule has 98 valence electrons. The molecule has 1 heterocycles. The average Bonchev–Trinajstić information content (AvgIpc) is 2.73. The molecule has 1 aromatic rings. The number of amides is 1. The molecular formula is C13H18N2O3. The maximum Gasteiger partial charge on any atom is 0.242 e. The van der Waals surface area contributed by atoms with Gasteiger partial charge in [-0.1, -0.05) is 6.07 Å². The summed E-state index contributed by atoms with van der Waals surface area (Å²) in [6.07, 6.45) is 0. The summed E-state index contributed by atoms with van der Waals surface area (Å²) in [4.78, 5) is 13.6. The van der Waals surface area contributed by atoms with Gasteiger partial charge in [-0.2, -0.15) is 0 Å². The summed E-state index contributed by atoms with van der Waals surface area (Å²) < 4.78 is 10.5. The quantitative estimate of drug-likeness (QED) is 0.872. The van der Waals surface area contributed by atoms with Gasteiger partial charge in [-0.3, -0.25) is 4.79 Å². The third-order valence-corrected chi connectivity index (χ3v) is 2.75. The molecule has 0 saturated carbocycles. The molecule has 0 aromatic heterocycles. The van der Waals surface area contributed by atoms with Crippen LogP contribution in [-0.2, 0) is 11.3 Å². The Balaban J connectivity index is 2.08. The SMILES string of the molecule is CN(Cc1ccc2c(c1)OCO2)C(=O)C(C)(C)N. The van der Waals surface area contributed by atoms with Gasteiger partial charge < -0.3 is 20.1 Å². The predicted molar refractivity (Wildman–Crippen MR) is 67.3 cm³/mol. The number of rotatable bonds is 3. The van der Waals surface area contributed by atoms with Gasteiger partial charge in [-0.15, -0.1) is 0 Å². The largest absolute Gasteiger partial charge is 0.454 e. The summed E-state index contributed by atoms with van der Waals surface area (Å²) in [6.45, 7) is 4.15. The maximum atomic E-state index is 11.9. The Bertz CT molecular complexity index is 466. The minimum Gasteiger partial charge on any atom is -0.454 e. The van der Waals surface area contributed by atoms with E-state index in [9.17, 15) is 4.79 Å². The van der Waals surface area contributed by atoms with Crippen molar-refractivity contribution in [3.05, 3.63) is 23.8 Å². The van der Waals surface area contributed by atoms with Crippen LogP contribution in [0.1, 0.15) is 19.4 Å². The Morgan fingerprint density at radius 3 is 2.72 bits per heavy atom. The second kappa shape index (κ2) is 4.49. The van der Waals surface area contributed by atoms with Crippen molar-refractivity contribution in [2.75, 3.05) is 13.8 Å². The smallest absolute Gasteiger partial charge is 0.242 e. The Labute approximate surface area is 106 Å². The molecular weight excluding hydrogens is 232 g/mol. The van der Waals surface area contributed by atoms with Crippen LogP contribution in [0.15, 0.2) is 18.2 Å². The van der Waals surface area contributed by atoms with Crippen LogP contribution >= 0.6 is 0 Å². The summed E-state index contributed by atoms with van der Waals surface area (Å²) in [5.41, 5.74) is 5.92. The number of benzene rings is 1. The molecule has 5 nitrogen and oxygen atoms in total. The monoisotopic (exact) mass is 250 g/mol. The Morgan fingerprint density at radius 1 is 1.39 bits per heavy atom. The highest BCUT2D eigenvalue weighted by Gasteiger charge is 2.25. The fourth-order valence-corrected chi connectivity index (χ4v) is 1.88. The molecule has 1 aliphatic heterocycles. The van der Waals surface area contributed by atoms with Crippen molar-refractivity contribution in [3.8, 4) is 11.5 Å². The van der Waals surface area contributed by atoms with Gasteiger partial charge in [0.05, 0.1) is 5.54 Å². The van der Waals surface area contributed by atoms with Crippen molar-refractivity contribution in [3.63, 3.8) is 0 Å². The zero-order valence-electron chi connectivity index (χ0n) is 10.9. The van der Waals surface area contributed by atoms with Crippen molar-refractivity contribution in [2.24, 2.45) is 5.73 Å². The third kappa shape index (κ3) is 2.56. The van der Waals surface area contributed by atoms with Crippen molar-refractivity contribution in [2.45, 2.75) is 25.9 Å². The number of hydrogen-bond donors (Lipinski definition) is 1. The molecule has 2 N–H and O–H groups in total. The summed E-state index contributed by atoms with van der Waals surface area (Å²) in [5.74, 6) is 1.37. The van der Waals surface area contributed by atoms with E-state index < -0.39 is 5.54 Å². The van der Waals surface area contributed by atoms with Crippen molar-refractivity contribution < 1.29 is 14.3 Å². The van der Waals surface area contributed by atoms with E-state index in [4.69, 9.17) is 15.2 Å². The molecule has 0 radical (unpaired) electrons. The number of fused-ring (bicyclic) bond motifs is 1. The van der Waals surface area contributed by atoms with Crippen LogP contribution in [0.2, 0.25) is 0 Å². The van der Waals surface area contributed by atoms with Crippen LogP contribution in [0, 0.1) is 0 Å². The van der Waals surface area contributed by atoms with E-state index in [2.05, 4.69) is 0 Å². The van der Waals surface area contributed by atoms with Crippen molar-refractivity contribution in [1.82, 2.24) is 4.90 Å². The molecule has 18 heavy (non-hydrogen) atoms. The standard InChI is InChI=1S/C13H18N2O3/c1-13(2,14)12(16)15(3)7-9-4-5-10-11(6-9)18-8-17-10/h4-6H,7-8,14H2,1-3H3. The minimum atomic E-state index is -0.856. The molecule has 0 saturated heterocycles. The number of hydrogen-bond acceptors (Lipinski definition) is 4. The molecule has 1 aromatic carbocycles. The van der Waals surface area contributed by atoms with E-state index >= 15 is 0 Å². The summed E-state index contributed by atoms with van der Waals surface area (Å²) in [6, 6.07) is 5.65. The lowest BCUT2D eigenvalue weighted by molar-refractivity contribution is -0.135. The highest BCUT2D eigenvalue weighted by Crippen LogP contribution is 2.32. The van der Waals surface area contributed by atoms with Crippen LogP contribution in [0.25, 0.3) is 0 Å². The first-order chi connectivity index (χ1) is 8.38. The van der Waals surface area contributed by atoms with Gasteiger partial charge in [0.15, 0.2) is 11.5 Å². The van der Waals surface area contributed by atoms with Crippen LogP contribution < -0.4 is 15.2 Å². The molecule has 0 unspecified atom stereocenters. The van der Waals surface area contributed by atoms with Gasteiger partial charge in [0.1, 0.15) is 0 Å². The van der Waals surface area contributed by atoms with Gasteiger partial charge in [0.2, 0.25) is 12.7 Å². The van der Waals surface area contributed by atoms with Crippen LogP contribution in [-0.4, -0.2) is 30.2 Å². The van der Waals surface area contributed by atoms with E-state index in [0.717, 1.165) is 17.1 Å². The predicted octanol–water partition coefficient (Wildman–Crippen LogP) is 1.11. The van der Waals surface area contributed by atoms with E-state index in [1.54, 1.807) is 25.8 Å². The normalized spacial score (nSPS) is 13.6. The molecule has 1 amide bonds. The Morgan fingerprint density at radius 2 is 2.06 bits per heavy atom. The third-order valence-electron chi connectivity index (χ3n) is 2.75. The molecule has 5 heteroatoms. The van der Waals surface area contributed by atoms with Gasteiger partial charge in [0, 0.05) is 13.6 Å². The highest BCUT2D eigenvalue weighted by atomic mass is 16.7. The average molecular weight is 250 g/mol. The van der Waals surface area contributed by atoms with E-state index in [0.29, 0.717) is 6.54 Å². The molecule has 1 aliphatic rings. The second-order valence-electron chi connectivity index (χ2n) is 5.07. The topological polar surface area (TPSA) is 64.8 Å². The van der Waals surface area contributed by atoms with E-state index in [-0.39, 0.29) is 12.7 Å². The number of likely N-dealkylation sites (N-methyl/N-ethyl adjacent to an activating group) is 1. The lowest BCUT2D eigenvalue weighted by Gasteiger charge is -2.25. The van der Waals surface area contributed by atoms with Gasteiger partial charge in [-0.05, 0) is 31.5 Å². The van der Waals surface area contributed by atoms with Crippen molar-refractivity contribution >= 4 is 5.91 Å². The molecule has 0 bridgehead atoms. The number of nitrogens with two attached hydrogens (primary N) is 1. The summed E-state index contributed by atoms with van der Waals surface area (Å²) in [7, 11) is 1.74. The first-order valence-electron chi connectivity index (χ1n) is 5.81. The van der Waals surface area contributed by atoms with E-state index in [1.807, 2.05) is 18.2 Å². The number of ether oxygens (including phenoxy) is 2. The summed E-state index contributed by atoms with van der Waals surface area (Å²) >= 11 is 0. The molecule has 0 fully saturated rings. The fraction of sp³-hybridized carbons (Fsp3) is 0.462. The number of nitrogens with zero attached hydrogens (tertiary/aromatic N) is 1. The zero-order chi connectivity index (χ0) is 13.3. The lowest BCUT2D eigenvalue weighted by atomic mass is 10.1. The first-order valence-corrected chi connectivity index (χ1v) is 5.81.